The highest BCUT2D eigenvalue weighted by Gasteiger charge is 2.27. The number of carbonyl (C=O) groups is 1. The van der Waals surface area contributed by atoms with E-state index in [2.05, 4.69) is 4.90 Å². The molecule has 5 nitrogen and oxygen atoms in total. The molecule has 5 heteroatoms. The molecule has 0 amide bonds. The van der Waals surface area contributed by atoms with Crippen molar-refractivity contribution in [1.29, 1.82) is 0 Å². The number of nitrogens with zero attached hydrogens (tertiary/aromatic N) is 2. The Morgan fingerprint density at radius 1 is 1.24 bits per heavy atom. The van der Waals surface area contributed by atoms with E-state index in [4.69, 9.17) is 10.6 Å². The lowest BCUT2D eigenvalue weighted by molar-refractivity contribution is -0.206. The molecule has 1 fully saturated rings. The first-order chi connectivity index (χ1) is 7.93. The van der Waals surface area contributed by atoms with Crippen LogP contribution in [0.3, 0.4) is 0 Å². The van der Waals surface area contributed by atoms with Crippen LogP contribution >= 0.6 is 0 Å². The van der Waals surface area contributed by atoms with Crippen molar-refractivity contribution in [3.8, 4) is 0 Å². The van der Waals surface area contributed by atoms with Crippen molar-refractivity contribution < 1.29 is 9.63 Å². The molecule has 0 atom stereocenters. The van der Waals surface area contributed by atoms with Gasteiger partial charge < -0.3 is 15.5 Å². The molecule has 0 aliphatic carbocycles. The van der Waals surface area contributed by atoms with Gasteiger partial charge in [-0.2, -0.15) is 0 Å². The molecule has 1 heterocycles. The van der Waals surface area contributed by atoms with Crippen molar-refractivity contribution in [2.24, 2.45) is 11.1 Å². The summed E-state index contributed by atoms with van der Waals surface area (Å²) in [5.74, 6) is -0.159. The van der Waals surface area contributed by atoms with Gasteiger partial charge in [-0.1, -0.05) is 0 Å². The third-order valence-electron chi connectivity index (χ3n) is 2.83. The molecule has 100 valence electrons. The Labute approximate surface area is 104 Å². The van der Waals surface area contributed by atoms with Crippen LogP contribution in [0.4, 0.5) is 0 Å². The van der Waals surface area contributed by atoms with Crippen LogP contribution in [0.25, 0.3) is 0 Å². The molecule has 0 saturated carbocycles. The van der Waals surface area contributed by atoms with Crippen LogP contribution in [0.1, 0.15) is 27.2 Å². The van der Waals surface area contributed by atoms with Gasteiger partial charge in [0.15, 0.2) is 0 Å². The molecule has 1 saturated heterocycles. The lowest BCUT2D eigenvalue weighted by atomic mass is 9.98. The number of nitrogens with two attached hydrogens (primary N) is 1. The van der Waals surface area contributed by atoms with Crippen LogP contribution in [0.2, 0.25) is 0 Å². The number of hydrogen-bond donors (Lipinski definition) is 1. The highest BCUT2D eigenvalue weighted by atomic mass is 16.7. The first-order valence-corrected chi connectivity index (χ1v) is 6.33. The highest BCUT2D eigenvalue weighted by molar-refractivity contribution is 5.75. The Kier molecular flexibility index (Phi) is 5.36. The van der Waals surface area contributed by atoms with Gasteiger partial charge in [-0.3, -0.25) is 0 Å². The molecule has 0 aromatic rings. The van der Waals surface area contributed by atoms with E-state index in [1.807, 2.05) is 20.8 Å². The van der Waals surface area contributed by atoms with Gasteiger partial charge in [0.2, 0.25) is 0 Å². The van der Waals surface area contributed by atoms with Gasteiger partial charge in [-0.05, 0) is 40.3 Å². The number of rotatable bonds is 4. The van der Waals surface area contributed by atoms with Crippen LogP contribution in [-0.4, -0.2) is 55.2 Å². The second-order valence-corrected chi connectivity index (χ2v) is 5.54. The summed E-state index contributed by atoms with van der Waals surface area (Å²) in [4.78, 5) is 19.4. The number of hydrogen-bond acceptors (Lipinski definition) is 5. The van der Waals surface area contributed by atoms with Gasteiger partial charge in [0, 0.05) is 26.2 Å². The molecule has 2 N–H and O–H groups in total. The SMILES string of the molecule is CC(C)(C)C(=O)ON1CCN(CCCN)CC1. The van der Waals surface area contributed by atoms with Crippen molar-refractivity contribution in [2.75, 3.05) is 39.3 Å². The summed E-state index contributed by atoms with van der Waals surface area (Å²) in [5.41, 5.74) is 5.05. The summed E-state index contributed by atoms with van der Waals surface area (Å²) in [7, 11) is 0. The molecule has 0 radical (unpaired) electrons. The van der Waals surface area contributed by atoms with Crippen molar-refractivity contribution in [2.45, 2.75) is 27.2 Å². The quantitative estimate of drug-likeness (QED) is 0.777. The van der Waals surface area contributed by atoms with E-state index in [9.17, 15) is 4.79 Å². The molecular formula is C12H25N3O2. The summed E-state index contributed by atoms with van der Waals surface area (Å²) in [6, 6.07) is 0. The second-order valence-electron chi connectivity index (χ2n) is 5.54. The first-order valence-electron chi connectivity index (χ1n) is 6.33. The fourth-order valence-corrected chi connectivity index (χ4v) is 1.61. The minimum Gasteiger partial charge on any atom is -0.367 e. The summed E-state index contributed by atoms with van der Waals surface area (Å²) in [6.45, 7) is 10.8. The van der Waals surface area contributed by atoms with E-state index >= 15 is 0 Å². The Hall–Kier alpha value is -0.650. The molecule has 0 aromatic heterocycles. The zero-order valence-corrected chi connectivity index (χ0v) is 11.2. The fraction of sp³-hybridized carbons (Fsp3) is 0.917. The maximum atomic E-state index is 11.7. The van der Waals surface area contributed by atoms with Crippen LogP contribution in [-0.2, 0) is 9.63 Å². The maximum Gasteiger partial charge on any atom is 0.330 e. The zero-order chi connectivity index (χ0) is 12.9. The third-order valence-corrected chi connectivity index (χ3v) is 2.83. The predicted molar refractivity (Wildman–Crippen MR) is 67.2 cm³/mol. The highest BCUT2D eigenvalue weighted by Crippen LogP contribution is 2.16. The molecule has 1 aliphatic rings. The molecule has 0 aromatic carbocycles. The topological polar surface area (TPSA) is 58.8 Å². The van der Waals surface area contributed by atoms with E-state index in [-0.39, 0.29) is 5.97 Å². The maximum absolute atomic E-state index is 11.7. The molecular weight excluding hydrogens is 218 g/mol. The van der Waals surface area contributed by atoms with Gasteiger partial charge in [0.1, 0.15) is 0 Å². The standard InChI is InChI=1S/C12H25N3O2/c1-12(2,3)11(16)17-15-9-7-14(8-10-15)6-4-5-13/h4-10,13H2,1-3H3. The van der Waals surface area contributed by atoms with Gasteiger partial charge in [0.05, 0.1) is 5.41 Å². The number of carbonyl (C=O) groups excluding carboxylic acids is 1. The summed E-state index contributed by atoms with van der Waals surface area (Å²) < 4.78 is 0. The van der Waals surface area contributed by atoms with Gasteiger partial charge in [0.25, 0.3) is 0 Å². The van der Waals surface area contributed by atoms with E-state index in [1.165, 1.54) is 0 Å². The summed E-state index contributed by atoms with van der Waals surface area (Å²) >= 11 is 0. The van der Waals surface area contributed by atoms with Crippen molar-refractivity contribution in [3.63, 3.8) is 0 Å². The van der Waals surface area contributed by atoms with Gasteiger partial charge in [-0.15, -0.1) is 5.06 Å². The molecule has 1 rings (SSSR count). The van der Waals surface area contributed by atoms with Crippen molar-refractivity contribution >= 4 is 5.97 Å². The minimum absolute atomic E-state index is 0.159. The molecule has 0 bridgehead atoms. The van der Waals surface area contributed by atoms with Crippen molar-refractivity contribution in [3.05, 3.63) is 0 Å². The van der Waals surface area contributed by atoms with Crippen molar-refractivity contribution in [1.82, 2.24) is 9.96 Å². The Bertz CT molecular complexity index is 243. The fourth-order valence-electron chi connectivity index (χ4n) is 1.61. The third kappa shape index (κ3) is 5.02. The minimum atomic E-state index is -0.434. The zero-order valence-electron chi connectivity index (χ0n) is 11.2. The lowest BCUT2D eigenvalue weighted by Gasteiger charge is -2.34. The van der Waals surface area contributed by atoms with Crippen LogP contribution in [0, 0.1) is 5.41 Å². The number of piperazine rings is 1. The molecule has 17 heavy (non-hydrogen) atoms. The molecule has 1 aliphatic heterocycles. The van der Waals surface area contributed by atoms with Crippen LogP contribution < -0.4 is 5.73 Å². The Morgan fingerprint density at radius 3 is 2.29 bits per heavy atom. The monoisotopic (exact) mass is 243 g/mol. The van der Waals surface area contributed by atoms with Gasteiger partial charge >= 0.3 is 5.97 Å². The largest absolute Gasteiger partial charge is 0.367 e. The second kappa shape index (κ2) is 6.33. The normalized spacial score (nSPS) is 19.3. The first kappa shape index (κ1) is 14.4. The smallest absolute Gasteiger partial charge is 0.330 e. The molecule has 0 spiro atoms. The van der Waals surface area contributed by atoms with E-state index in [1.54, 1.807) is 5.06 Å². The van der Waals surface area contributed by atoms with Crippen LogP contribution in [0.15, 0.2) is 0 Å². The molecule has 0 unspecified atom stereocenters. The van der Waals surface area contributed by atoms with Gasteiger partial charge in [-0.25, -0.2) is 4.79 Å². The predicted octanol–water partition coefficient (Wildman–Crippen LogP) is 0.457. The van der Waals surface area contributed by atoms with E-state index < -0.39 is 5.41 Å². The van der Waals surface area contributed by atoms with E-state index in [0.717, 1.165) is 45.7 Å². The average Bonchev–Trinajstić information content (AvgIpc) is 2.27. The van der Waals surface area contributed by atoms with E-state index in [0.29, 0.717) is 0 Å². The van der Waals surface area contributed by atoms with Crippen LogP contribution in [0.5, 0.6) is 0 Å². The summed E-state index contributed by atoms with van der Waals surface area (Å²) in [5, 5.41) is 1.77. The number of hydroxylamine groups is 2. The Morgan fingerprint density at radius 2 is 1.82 bits per heavy atom. The lowest BCUT2D eigenvalue weighted by Crippen LogP contribution is -2.48. The summed E-state index contributed by atoms with van der Waals surface area (Å²) in [6.07, 6.45) is 1.03. The average molecular weight is 243 g/mol. The Balaban J connectivity index is 2.25.